The summed E-state index contributed by atoms with van der Waals surface area (Å²) in [6.07, 6.45) is 4.48. The number of rotatable bonds is 5. The standard InChI is InChI=1S/C20H29N3O4S/c1-2-23-15-19(27-20(8-9-20)18(23)24)10-13-22(14-11-19)12-7-16-3-5-17(6-4-16)28(21,25)26/h3-6H,2,7-15H2,1H3,(H2,21,25,26). The second-order valence-corrected chi connectivity index (χ2v) is 9.94. The van der Waals surface area contributed by atoms with Gasteiger partial charge in [0.15, 0.2) is 0 Å². The Morgan fingerprint density at radius 2 is 1.75 bits per heavy atom. The van der Waals surface area contributed by atoms with Crippen molar-refractivity contribution in [2.75, 3.05) is 32.7 Å². The SMILES string of the molecule is CCN1CC2(CCN(CCc3ccc(S(N)(=O)=O)cc3)CC2)OC2(CC2)C1=O. The fourth-order valence-electron chi connectivity index (χ4n) is 4.46. The first kappa shape index (κ1) is 19.8. The molecule has 1 aliphatic carbocycles. The Bertz CT molecular complexity index is 841. The molecule has 1 amide bonds. The predicted molar refractivity (Wildman–Crippen MR) is 105 cm³/mol. The lowest BCUT2D eigenvalue weighted by Gasteiger charge is -2.50. The van der Waals surface area contributed by atoms with Crippen LogP contribution in [0.5, 0.6) is 0 Å². The van der Waals surface area contributed by atoms with Crippen LogP contribution in [-0.4, -0.2) is 68.1 Å². The molecule has 3 fully saturated rings. The van der Waals surface area contributed by atoms with E-state index in [-0.39, 0.29) is 16.4 Å². The van der Waals surface area contributed by atoms with Crippen LogP contribution in [0.3, 0.4) is 0 Å². The van der Waals surface area contributed by atoms with Crippen LogP contribution in [0.1, 0.15) is 38.2 Å². The highest BCUT2D eigenvalue weighted by Crippen LogP contribution is 2.49. The van der Waals surface area contributed by atoms with E-state index in [0.29, 0.717) is 6.54 Å². The number of sulfonamides is 1. The van der Waals surface area contributed by atoms with Gasteiger partial charge in [0.1, 0.15) is 5.60 Å². The van der Waals surface area contributed by atoms with Crippen LogP contribution in [0, 0.1) is 0 Å². The summed E-state index contributed by atoms with van der Waals surface area (Å²) in [5, 5.41) is 5.15. The Morgan fingerprint density at radius 3 is 2.29 bits per heavy atom. The van der Waals surface area contributed by atoms with E-state index in [1.807, 2.05) is 24.0 Å². The fraction of sp³-hybridized carbons (Fsp3) is 0.650. The van der Waals surface area contributed by atoms with Crippen LogP contribution in [0.25, 0.3) is 0 Å². The van der Waals surface area contributed by atoms with Gasteiger partial charge in [0.2, 0.25) is 10.0 Å². The summed E-state index contributed by atoms with van der Waals surface area (Å²) in [4.78, 5) is 17.1. The molecule has 0 atom stereocenters. The lowest BCUT2D eigenvalue weighted by atomic mass is 9.87. The minimum absolute atomic E-state index is 0.148. The molecule has 154 valence electrons. The van der Waals surface area contributed by atoms with Crippen LogP contribution in [-0.2, 0) is 26.0 Å². The van der Waals surface area contributed by atoms with E-state index >= 15 is 0 Å². The number of ether oxygens (including phenoxy) is 1. The van der Waals surface area contributed by atoms with Crippen molar-refractivity contribution in [3.63, 3.8) is 0 Å². The summed E-state index contributed by atoms with van der Waals surface area (Å²) in [6.45, 7) is 6.35. The Hall–Kier alpha value is -1.48. The minimum Gasteiger partial charge on any atom is -0.357 e. The fourth-order valence-corrected chi connectivity index (χ4v) is 4.98. The average Bonchev–Trinajstić information content (AvgIpc) is 3.44. The van der Waals surface area contributed by atoms with E-state index in [1.54, 1.807) is 12.1 Å². The largest absolute Gasteiger partial charge is 0.357 e. The Labute approximate surface area is 166 Å². The molecule has 2 N–H and O–H groups in total. The topological polar surface area (TPSA) is 92.9 Å². The average molecular weight is 408 g/mol. The van der Waals surface area contributed by atoms with Gasteiger partial charge in [-0.1, -0.05) is 12.1 Å². The Balaban J connectivity index is 1.32. The molecule has 1 aromatic carbocycles. The monoisotopic (exact) mass is 407 g/mol. The highest BCUT2D eigenvalue weighted by atomic mass is 32.2. The number of morpholine rings is 1. The maximum Gasteiger partial charge on any atom is 0.254 e. The normalized spacial score (nSPS) is 24.1. The molecule has 4 rings (SSSR count). The van der Waals surface area contributed by atoms with Crippen LogP contribution in [0.15, 0.2) is 29.2 Å². The first-order valence-corrected chi connectivity index (χ1v) is 11.6. The van der Waals surface area contributed by atoms with Crippen LogP contribution < -0.4 is 5.14 Å². The molecular formula is C20H29N3O4S. The lowest BCUT2D eigenvalue weighted by Crippen LogP contribution is -2.62. The van der Waals surface area contributed by atoms with Gasteiger partial charge in [-0.25, -0.2) is 13.6 Å². The van der Waals surface area contributed by atoms with Gasteiger partial charge >= 0.3 is 0 Å². The van der Waals surface area contributed by atoms with E-state index in [4.69, 9.17) is 9.88 Å². The van der Waals surface area contributed by atoms with Crippen LogP contribution in [0.4, 0.5) is 0 Å². The van der Waals surface area contributed by atoms with Crippen molar-refractivity contribution in [1.29, 1.82) is 0 Å². The molecule has 2 heterocycles. The van der Waals surface area contributed by atoms with Crippen molar-refractivity contribution in [3.05, 3.63) is 29.8 Å². The summed E-state index contributed by atoms with van der Waals surface area (Å²) in [6, 6.07) is 6.79. The highest BCUT2D eigenvalue weighted by Gasteiger charge is 2.61. The molecule has 2 aliphatic heterocycles. The number of benzene rings is 1. The van der Waals surface area contributed by atoms with Gasteiger partial charge < -0.3 is 14.5 Å². The number of likely N-dealkylation sites (tertiary alicyclic amines) is 1. The molecule has 28 heavy (non-hydrogen) atoms. The molecule has 3 aliphatic rings. The van der Waals surface area contributed by atoms with Gasteiger partial charge in [0.05, 0.1) is 10.5 Å². The number of carbonyl (C=O) groups excluding carboxylic acids is 1. The molecular weight excluding hydrogens is 378 g/mol. The van der Waals surface area contributed by atoms with Crippen molar-refractivity contribution < 1.29 is 17.9 Å². The summed E-state index contributed by atoms with van der Waals surface area (Å²) in [7, 11) is -3.64. The maximum absolute atomic E-state index is 12.5. The molecule has 0 aromatic heterocycles. The third kappa shape index (κ3) is 3.83. The van der Waals surface area contributed by atoms with E-state index in [1.165, 1.54) is 0 Å². The number of carbonyl (C=O) groups is 1. The lowest BCUT2D eigenvalue weighted by molar-refractivity contribution is -0.200. The van der Waals surface area contributed by atoms with E-state index in [0.717, 1.165) is 63.8 Å². The summed E-state index contributed by atoms with van der Waals surface area (Å²) in [5.41, 5.74) is 0.400. The second kappa shape index (κ2) is 7.09. The van der Waals surface area contributed by atoms with Gasteiger partial charge in [0, 0.05) is 32.7 Å². The Kier molecular flexibility index (Phi) is 5.02. The second-order valence-electron chi connectivity index (χ2n) is 8.38. The smallest absolute Gasteiger partial charge is 0.254 e. The number of hydrogen-bond acceptors (Lipinski definition) is 5. The molecule has 2 saturated heterocycles. The summed E-state index contributed by atoms with van der Waals surface area (Å²) in [5.74, 6) is 0.186. The van der Waals surface area contributed by atoms with Crippen LogP contribution in [0.2, 0.25) is 0 Å². The van der Waals surface area contributed by atoms with Crippen LogP contribution >= 0.6 is 0 Å². The quantitative estimate of drug-likeness (QED) is 0.790. The molecule has 1 saturated carbocycles. The van der Waals surface area contributed by atoms with Crippen molar-refractivity contribution >= 4 is 15.9 Å². The molecule has 0 unspecified atom stereocenters. The number of likely N-dealkylation sites (N-methyl/N-ethyl adjacent to an activating group) is 1. The molecule has 0 bridgehead atoms. The highest BCUT2D eigenvalue weighted by molar-refractivity contribution is 7.89. The molecule has 1 aromatic rings. The molecule has 2 spiro atoms. The van der Waals surface area contributed by atoms with Crippen molar-refractivity contribution in [2.24, 2.45) is 5.14 Å². The van der Waals surface area contributed by atoms with Gasteiger partial charge in [-0.3, -0.25) is 4.79 Å². The Morgan fingerprint density at radius 1 is 1.11 bits per heavy atom. The number of primary sulfonamides is 1. The van der Waals surface area contributed by atoms with E-state index < -0.39 is 15.6 Å². The zero-order chi connectivity index (χ0) is 20.0. The zero-order valence-electron chi connectivity index (χ0n) is 16.4. The number of nitrogens with zero attached hydrogens (tertiary/aromatic N) is 2. The third-order valence-corrected chi connectivity index (χ3v) is 7.32. The van der Waals surface area contributed by atoms with Crippen molar-refractivity contribution in [2.45, 2.75) is 55.1 Å². The van der Waals surface area contributed by atoms with Gasteiger partial charge in [-0.15, -0.1) is 0 Å². The number of amides is 1. The van der Waals surface area contributed by atoms with Gasteiger partial charge in [-0.2, -0.15) is 0 Å². The number of hydrogen-bond donors (Lipinski definition) is 1. The van der Waals surface area contributed by atoms with Crippen molar-refractivity contribution in [3.8, 4) is 0 Å². The van der Waals surface area contributed by atoms with Crippen molar-refractivity contribution in [1.82, 2.24) is 9.80 Å². The maximum atomic E-state index is 12.5. The van der Waals surface area contributed by atoms with Gasteiger partial charge in [0.25, 0.3) is 5.91 Å². The molecule has 7 nitrogen and oxygen atoms in total. The zero-order valence-corrected chi connectivity index (χ0v) is 17.2. The minimum atomic E-state index is -3.64. The van der Waals surface area contributed by atoms with E-state index in [9.17, 15) is 13.2 Å². The van der Waals surface area contributed by atoms with Gasteiger partial charge in [-0.05, 0) is 56.7 Å². The first-order chi connectivity index (χ1) is 13.3. The van der Waals surface area contributed by atoms with E-state index in [2.05, 4.69) is 4.90 Å². The first-order valence-electron chi connectivity index (χ1n) is 10.1. The third-order valence-electron chi connectivity index (χ3n) is 6.39. The molecule has 8 heteroatoms. The number of piperidine rings is 1. The predicted octanol–water partition coefficient (Wildman–Crippen LogP) is 1.12. The number of nitrogens with two attached hydrogens (primary N) is 1. The summed E-state index contributed by atoms with van der Waals surface area (Å²) >= 11 is 0. The molecule has 0 radical (unpaired) electrons. The summed E-state index contributed by atoms with van der Waals surface area (Å²) < 4.78 is 29.1.